The van der Waals surface area contributed by atoms with Crippen LogP contribution in [0.1, 0.15) is 16.7 Å². The molecule has 26 heavy (non-hydrogen) atoms. The van der Waals surface area contributed by atoms with Gasteiger partial charge in [-0.25, -0.2) is 9.79 Å². The number of benzene rings is 2. The van der Waals surface area contributed by atoms with Crippen LogP contribution in [-0.2, 0) is 15.7 Å². The van der Waals surface area contributed by atoms with Gasteiger partial charge in [0.25, 0.3) is 0 Å². The van der Waals surface area contributed by atoms with E-state index in [-0.39, 0.29) is 17.2 Å². The maximum atomic E-state index is 13.1. The zero-order valence-corrected chi connectivity index (χ0v) is 14.9. The van der Waals surface area contributed by atoms with E-state index in [1.165, 1.54) is 25.3 Å². The lowest BCUT2D eigenvalue weighted by Gasteiger charge is -2.09. The first-order valence-electron chi connectivity index (χ1n) is 7.32. The van der Waals surface area contributed by atoms with Crippen molar-refractivity contribution in [3.8, 4) is 5.75 Å². The van der Waals surface area contributed by atoms with Gasteiger partial charge in [0, 0.05) is 5.56 Å². The largest absolute Gasteiger partial charge is 0.496 e. The summed E-state index contributed by atoms with van der Waals surface area (Å²) >= 11 is 3.31. The fourth-order valence-corrected chi connectivity index (χ4v) is 2.90. The summed E-state index contributed by atoms with van der Waals surface area (Å²) in [7, 11) is 1.51. The lowest BCUT2D eigenvalue weighted by Crippen LogP contribution is -2.08. The van der Waals surface area contributed by atoms with E-state index < -0.39 is 17.7 Å². The summed E-state index contributed by atoms with van der Waals surface area (Å²) in [4.78, 5) is 16.0. The zero-order chi connectivity index (χ0) is 18.9. The quantitative estimate of drug-likeness (QED) is 0.523. The minimum atomic E-state index is -4.54. The summed E-state index contributed by atoms with van der Waals surface area (Å²) in [5.41, 5.74) is -0.730. The van der Waals surface area contributed by atoms with E-state index in [1.807, 2.05) is 0 Å². The molecule has 8 heteroatoms. The van der Waals surface area contributed by atoms with Crippen LogP contribution < -0.4 is 4.74 Å². The van der Waals surface area contributed by atoms with E-state index in [4.69, 9.17) is 9.47 Å². The summed E-state index contributed by atoms with van der Waals surface area (Å²) in [6.07, 6.45) is -3.47. The third-order valence-electron chi connectivity index (χ3n) is 3.58. The van der Waals surface area contributed by atoms with E-state index >= 15 is 0 Å². The Kier molecular flexibility index (Phi) is 4.86. The molecule has 0 aromatic heterocycles. The second kappa shape index (κ2) is 6.95. The molecule has 2 aromatic carbocycles. The van der Waals surface area contributed by atoms with Gasteiger partial charge in [-0.2, -0.15) is 13.2 Å². The first-order valence-corrected chi connectivity index (χ1v) is 8.11. The first-order chi connectivity index (χ1) is 12.3. The Hall–Kier alpha value is -2.61. The summed E-state index contributed by atoms with van der Waals surface area (Å²) in [5.74, 6) is -0.230. The van der Waals surface area contributed by atoms with E-state index in [2.05, 4.69) is 20.9 Å². The third kappa shape index (κ3) is 3.65. The molecule has 1 aliphatic rings. The molecule has 0 spiro atoms. The fourth-order valence-electron chi connectivity index (χ4n) is 2.36. The Balaban J connectivity index is 1.99. The third-order valence-corrected chi connectivity index (χ3v) is 4.20. The molecule has 4 nitrogen and oxygen atoms in total. The van der Waals surface area contributed by atoms with Crippen molar-refractivity contribution < 1.29 is 27.4 Å². The van der Waals surface area contributed by atoms with Crippen LogP contribution >= 0.6 is 15.9 Å². The topological polar surface area (TPSA) is 47.9 Å². The monoisotopic (exact) mass is 425 g/mol. The number of methoxy groups -OCH3 is 1. The number of esters is 1. The Morgan fingerprint density at radius 3 is 2.58 bits per heavy atom. The molecule has 0 atom stereocenters. The average Bonchev–Trinajstić information content (AvgIpc) is 2.95. The van der Waals surface area contributed by atoms with Gasteiger partial charge >= 0.3 is 12.1 Å². The molecular formula is C18H11BrF3NO3. The molecule has 0 saturated carbocycles. The standard InChI is InChI=1S/C18H11BrF3NO3/c1-25-15-7-6-11(8-13(15)19)16-23-14(17(24)26-16)9-10-4-2-3-5-12(10)18(20,21)22/h2-9H,1H3. The number of halogens is 4. The predicted octanol–water partition coefficient (Wildman–Crippen LogP) is 4.82. The highest BCUT2D eigenvalue weighted by molar-refractivity contribution is 9.10. The molecule has 0 aliphatic carbocycles. The molecule has 0 saturated heterocycles. The number of cyclic esters (lactones) is 1. The SMILES string of the molecule is COc1ccc(C2=NC(=Cc3ccccc3C(F)(F)F)C(=O)O2)cc1Br. The molecule has 0 unspecified atom stereocenters. The second-order valence-corrected chi connectivity index (χ2v) is 6.12. The fraction of sp³-hybridized carbons (Fsp3) is 0.111. The minimum Gasteiger partial charge on any atom is -0.496 e. The van der Waals surface area contributed by atoms with E-state index in [0.717, 1.165) is 12.1 Å². The predicted molar refractivity (Wildman–Crippen MR) is 92.7 cm³/mol. The van der Waals surface area contributed by atoms with Gasteiger partial charge in [0.2, 0.25) is 5.90 Å². The van der Waals surface area contributed by atoms with Gasteiger partial charge in [-0.3, -0.25) is 0 Å². The number of alkyl halides is 3. The lowest BCUT2D eigenvalue weighted by molar-refractivity contribution is -0.137. The van der Waals surface area contributed by atoms with Gasteiger partial charge in [0.1, 0.15) is 5.75 Å². The summed E-state index contributed by atoms with van der Waals surface area (Å²) in [5, 5.41) is 0. The van der Waals surface area contributed by atoms with Gasteiger partial charge in [-0.1, -0.05) is 18.2 Å². The zero-order valence-electron chi connectivity index (χ0n) is 13.3. The number of carbonyl (C=O) groups is 1. The normalized spacial score (nSPS) is 15.8. The highest BCUT2D eigenvalue weighted by atomic mass is 79.9. The van der Waals surface area contributed by atoms with Crippen LogP contribution in [0.25, 0.3) is 6.08 Å². The van der Waals surface area contributed by atoms with Gasteiger partial charge in [-0.15, -0.1) is 0 Å². The Morgan fingerprint density at radius 1 is 1.19 bits per heavy atom. The Labute approximate surface area is 155 Å². The molecule has 0 fully saturated rings. The minimum absolute atomic E-state index is 0.00842. The molecule has 134 valence electrons. The number of aliphatic imine (C=N–C) groups is 1. The summed E-state index contributed by atoms with van der Waals surface area (Å²) < 4.78 is 50.1. The lowest BCUT2D eigenvalue weighted by atomic mass is 10.1. The van der Waals surface area contributed by atoms with E-state index in [1.54, 1.807) is 18.2 Å². The number of carbonyl (C=O) groups excluding carboxylic acids is 1. The molecule has 0 radical (unpaired) electrons. The van der Waals surface area contributed by atoms with Crippen molar-refractivity contribution in [3.05, 3.63) is 69.3 Å². The molecule has 0 amide bonds. The molecule has 1 heterocycles. The second-order valence-electron chi connectivity index (χ2n) is 5.27. The number of hydrogen-bond acceptors (Lipinski definition) is 4. The first kappa shape index (κ1) is 18.2. The highest BCUT2D eigenvalue weighted by Crippen LogP contribution is 2.33. The highest BCUT2D eigenvalue weighted by Gasteiger charge is 2.33. The van der Waals surface area contributed by atoms with Crippen LogP contribution in [0.4, 0.5) is 13.2 Å². The average molecular weight is 426 g/mol. The smallest absolute Gasteiger partial charge is 0.416 e. The van der Waals surface area contributed by atoms with Crippen molar-refractivity contribution in [2.24, 2.45) is 4.99 Å². The molecular weight excluding hydrogens is 415 g/mol. The Bertz CT molecular complexity index is 936. The van der Waals surface area contributed by atoms with Crippen molar-refractivity contribution in [3.63, 3.8) is 0 Å². The van der Waals surface area contributed by atoms with Crippen molar-refractivity contribution in [1.82, 2.24) is 0 Å². The van der Waals surface area contributed by atoms with Crippen molar-refractivity contribution >= 4 is 33.9 Å². The van der Waals surface area contributed by atoms with Gasteiger partial charge in [0.15, 0.2) is 5.70 Å². The number of nitrogens with zero attached hydrogens (tertiary/aromatic N) is 1. The molecule has 1 aliphatic heterocycles. The number of hydrogen-bond donors (Lipinski definition) is 0. The van der Waals surface area contributed by atoms with Crippen molar-refractivity contribution in [2.75, 3.05) is 7.11 Å². The molecule has 3 rings (SSSR count). The Morgan fingerprint density at radius 2 is 1.92 bits per heavy atom. The van der Waals surface area contributed by atoms with Crippen LogP contribution in [0.5, 0.6) is 5.75 Å². The number of rotatable bonds is 3. The van der Waals surface area contributed by atoms with Crippen LogP contribution in [0.2, 0.25) is 0 Å². The molecule has 0 bridgehead atoms. The molecule has 2 aromatic rings. The van der Waals surface area contributed by atoms with Crippen LogP contribution in [0.3, 0.4) is 0 Å². The van der Waals surface area contributed by atoms with Gasteiger partial charge < -0.3 is 9.47 Å². The van der Waals surface area contributed by atoms with Gasteiger partial charge in [-0.05, 0) is 51.8 Å². The summed E-state index contributed by atoms with van der Waals surface area (Å²) in [6, 6.07) is 9.85. The van der Waals surface area contributed by atoms with Crippen LogP contribution in [-0.4, -0.2) is 19.0 Å². The maximum absolute atomic E-state index is 13.1. The van der Waals surface area contributed by atoms with E-state index in [9.17, 15) is 18.0 Å². The van der Waals surface area contributed by atoms with E-state index in [0.29, 0.717) is 15.8 Å². The molecule has 0 N–H and O–H groups in total. The van der Waals surface area contributed by atoms with Crippen molar-refractivity contribution in [2.45, 2.75) is 6.18 Å². The van der Waals surface area contributed by atoms with Crippen LogP contribution in [0.15, 0.2) is 57.6 Å². The number of ether oxygens (including phenoxy) is 2. The van der Waals surface area contributed by atoms with Crippen molar-refractivity contribution in [1.29, 1.82) is 0 Å². The van der Waals surface area contributed by atoms with Crippen LogP contribution in [0, 0.1) is 0 Å². The van der Waals surface area contributed by atoms with Gasteiger partial charge in [0.05, 0.1) is 17.1 Å². The summed E-state index contributed by atoms with van der Waals surface area (Å²) in [6.45, 7) is 0. The maximum Gasteiger partial charge on any atom is 0.416 e.